The van der Waals surface area contributed by atoms with E-state index in [2.05, 4.69) is 33.8 Å². The van der Waals surface area contributed by atoms with Gasteiger partial charge in [0, 0.05) is 0 Å². The molecule has 0 radical (unpaired) electrons. The molecule has 1 unspecified atom stereocenters. The second-order valence-electron chi connectivity index (χ2n) is 4.64. The van der Waals surface area contributed by atoms with Crippen LogP contribution in [0.5, 0.6) is 0 Å². The van der Waals surface area contributed by atoms with Crippen molar-refractivity contribution < 1.29 is 0 Å². The quantitative estimate of drug-likeness (QED) is 0.337. The van der Waals surface area contributed by atoms with Crippen LogP contribution in [-0.4, -0.2) is 0 Å². The molecule has 0 aromatic heterocycles. The minimum atomic E-state index is 0.797. The molecular weight excluding hydrogens is 180 g/mol. The molecule has 0 aromatic carbocycles. The van der Waals surface area contributed by atoms with E-state index in [9.17, 15) is 0 Å². The van der Waals surface area contributed by atoms with E-state index in [0.717, 1.165) is 5.92 Å². The predicted octanol–water partition coefficient (Wildman–Crippen LogP) is 5.73. The summed E-state index contributed by atoms with van der Waals surface area (Å²) in [4.78, 5) is 0. The van der Waals surface area contributed by atoms with Gasteiger partial charge in [0.2, 0.25) is 0 Å². The van der Waals surface area contributed by atoms with Gasteiger partial charge in [-0.15, -0.1) is 0 Å². The number of hydrogen-bond acceptors (Lipinski definition) is 0. The van der Waals surface area contributed by atoms with Gasteiger partial charge in [-0.05, 0) is 31.6 Å². The zero-order valence-electron chi connectivity index (χ0n) is 11.3. The molecule has 0 fully saturated rings. The van der Waals surface area contributed by atoms with E-state index in [1.807, 2.05) is 0 Å². The highest BCUT2D eigenvalue weighted by Crippen LogP contribution is 2.19. The summed E-state index contributed by atoms with van der Waals surface area (Å²) in [5, 5.41) is 0. The van der Waals surface area contributed by atoms with Gasteiger partial charge < -0.3 is 0 Å². The van der Waals surface area contributed by atoms with Gasteiger partial charge >= 0.3 is 0 Å². The van der Waals surface area contributed by atoms with Gasteiger partial charge in [0.05, 0.1) is 0 Å². The molecule has 0 spiro atoms. The van der Waals surface area contributed by atoms with Crippen molar-refractivity contribution in [1.82, 2.24) is 0 Å². The van der Waals surface area contributed by atoms with E-state index < -0.39 is 0 Å². The van der Waals surface area contributed by atoms with Crippen molar-refractivity contribution in [2.24, 2.45) is 5.92 Å². The first kappa shape index (κ1) is 14.7. The second kappa shape index (κ2) is 10.3. The molecule has 0 amide bonds. The van der Waals surface area contributed by atoms with Crippen molar-refractivity contribution in [3.63, 3.8) is 0 Å². The highest BCUT2D eigenvalue weighted by Gasteiger charge is 2.02. The van der Waals surface area contributed by atoms with Crippen molar-refractivity contribution >= 4 is 0 Å². The zero-order chi connectivity index (χ0) is 11.5. The Morgan fingerprint density at radius 1 is 1.00 bits per heavy atom. The summed E-state index contributed by atoms with van der Waals surface area (Å²) < 4.78 is 0. The summed E-state index contributed by atoms with van der Waals surface area (Å²) in [6.07, 6.45) is 13.3. The standard InChI is InChI=1S/C15H30/c1-5-8-9-10-11-12-13-15(7-3)14(4)6-2/h13-14H,5-12H2,1-4H3. The first-order valence-corrected chi connectivity index (χ1v) is 6.95. The molecule has 0 bridgehead atoms. The first-order chi connectivity index (χ1) is 7.26. The monoisotopic (exact) mass is 210 g/mol. The van der Waals surface area contributed by atoms with Crippen LogP contribution in [0.4, 0.5) is 0 Å². The van der Waals surface area contributed by atoms with Crippen molar-refractivity contribution in [2.45, 2.75) is 79.1 Å². The lowest BCUT2D eigenvalue weighted by Crippen LogP contribution is -1.96. The summed E-state index contributed by atoms with van der Waals surface area (Å²) in [7, 11) is 0. The average Bonchev–Trinajstić information content (AvgIpc) is 2.27. The Morgan fingerprint density at radius 2 is 1.67 bits per heavy atom. The minimum Gasteiger partial charge on any atom is -0.0851 e. The van der Waals surface area contributed by atoms with Crippen LogP contribution in [-0.2, 0) is 0 Å². The Labute approximate surface area is 97.2 Å². The van der Waals surface area contributed by atoms with Crippen molar-refractivity contribution in [1.29, 1.82) is 0 Å². The third-order valence-corrected chi connectivity index (χ3v) is 3.37. The van der Waals surface area contributed by atoms with Crippen LogP contribution in [0.2, 0.25) is 0 Å². The summed E-state index contributed by atoms with van der Waals surface area (Å²) in [6.45, 7) is 9.20. The Balaban J connectivity index is 3.62. The minimum absolute atomic E-state index is 0.797. The van der Waals surface area contributed by atoms with Crippen LogP contribution in [0, 0.1) is 5.92 Å². The number of rotatable bonds is 9. The lowest BCUT2D eigenvalue weighted by molar-refractivity contribution is 0.613. The van der Waals surface area contributed by atoms with E-state index in [1.165, 1.54) is 51.4 Å². The molecule has 90 valence electrons. The highest BCUT2D eigenvalue weighted by atomic mass is 14.1. The Bertz CT molecular complexity index is 155. The Hall–Kier alpha value is -0.260. The molecular formula is C15H30. The van der Waals surface area contributed by atoms with E-state index in [1.54, 1.807) is 5.57 Å². The molecule has 0 rings (SSSR count). The lowest BCUT2D eigenvalue weighted by atomic mass is 9.95. The zero-order valence-corrected chi connectivity index (χ0v) is 11.3. The normalized spacial score (nSPS) is 14.3. The van der Waals surface area contributed by atoms with Gasteiger partial charge in [-0.3, -0.25) is 0 Å². The van der Waals surface area contributed by atoms with Crippen molar-refractivity contribution in [3.8, 4) is 0 Å². The van der Waals surface area contributed by atoms with E-state index >= 15 is 0 Å². The fourth-order valence-corrected chi connectivity index (χ4v) is 1.99. The number of unbranched alkanes of at least 4 members (excludes halogenated alkanes) is 5. The summed E-state index contributed by atoms with van der Waals surface area (Å²) in [5.41, 5.74) is 1.67. The summed E-state index contributed by atoms with van der Waals surface area (Å²) in [5.74, 6) is 0.797. The van der Waals surface area contributed by atoms with Gasteiger partial charge in [0.1, 0.15) is 0 Å². The topological polar surface area (TPSA) is 0 Å². The molecule has 0 heterocycles. The van der Waals surface area contributed by atoms with Gasteiger partial charge in [0.25, 0.3) is 0 Å². The fraction of sp³-hybridized carbons (Fsp3) is 0.867. The molecule has 0 N–H and O–H groups in total. The van der Waals surface area contributed by atoms with Crippen molar-refractivity contribution in [2.75, 3.05) is 0 Å². The molecule has 15 heavy (non-hydrogen) atoms. The van der Waals surface area contributed by atoms with Gasteiger partial charge in [-0.1, -0.05) is 65.0 Å². The maximum absolute atomic E-state index is 2.50. The van der Waals surface area contributed by atoms with Crippen LogP contribution in [0.1, 0.15) is 79.1 Å². The van der Waals surface area contributed by atoms with Crippen LogP contribution in [0.25, 0.3) is 0 Å². The predicted molar refractivity (Wildman–Crippen MR) is 71.2 cm³/mol. The lowest BCUT2D eigenvalue weighted by Gasteiger charge is -2.12. The van der Waals surface area contributed by atoms with E-state index in [0.29, 0.717) is 0 Å². The van der Waals surface area contributed by atoms with E-state index in [-0.39, 0.29) is 0 Å². The molecule has 1 atom stereocenters. The first-order valence-electron chi connectivity index (χ1n) is 6.95. The molecule has 0 saturated carbocycles. The van der Waals surface area contributed by atoms with Crippen LogP contribution < -0.4 is 0 Å². The maximum Gasteiger partial charge on any atom is -0.0234 e. The fourth-order valence-electron chi connectivity index (χ4n) is 1.99. The number of allylic oxidation sites excluding steroid dienone is 2. The Kier molecular flexibility index (Phi) is 10.1. The smallest absolute Gasteiger partial charge is 0.0234 e. The highest BCUT2D eigenvalue weighted by molar-refractivity contribution is 5.04. The molecule has 0 aromatic rings. The van der Waals surface area contributed by atoms with E-state index in [4.69, 9.17) is 0 Å². The van der Waals surface area contributed by atoms with Crippen LogP contribution >= 0.6 is 0 Å². The van der Waals surface area contributed by atoms with Gasteiger partial charge in [0.15, 0.2) is 0 Å². The molecule has 0 heteroatoms. The van der Waals surface area contributed by atoms with Gasteiger partial charge in [-0.25, -0.2) is 0 Å². The van der Waals surface area contributed by atoms with Crippen LogP contribution in [0.3, 0.4) is 0 Å². The third kappa shape index (κ3) is 7.64. The largest absolute Gasteiger partial charge is 0.0851 e. The van der Waals surface area contributed by atoms with Crippen molar-refractivity contribution in [3.05, 3.63) is 11.6 Å². The second-order valence-corrected chi connectivity index (χ2v) is 4.64. The van der Waals surface area contributed by atoms with Gasteiger partial charge in [-0.2, -0.15) is 0 Å². The summed E-state index contributed by atoms with van der Waals surface area (Å²) in [6, 6.07) is 0. The van der Waals surface area contributed by atoms with Crippen LogP contribution in [0.15, 0.2) is 11.6 Å². The SMILES string of the molecule is CCCCCCCC=C(CC)C(C)CC. The summed E-state index contributed by atoms with van der Waals surface area (Å²) >= 11 is 0. The molecule has 0 saturated heterocycles. The average molecular weight is 210 g/mol. The maximum atomic E-state index is 2.50. The molecule has 0 aliphatic rings. The molecule has 0 nitrogen and oxygen atoms in total. The molecule has 0 aliphatic carbocycles. The Morgan fingerprint density at radius 3 is 2.20 bits per heavy atom. The molecule has 0 aliphatic heterocycles. The third-order valence-electron chi connectivity index (χ3n) is 3.37. The number of hydrogen-bond donors (Lipinski definition) is 0.